The lowest BCUT2D eigenvalue weighted by molar-refractivity contribution is 0.102. The third kappa shape index (κ3) is 3.16. The Kier molecular flexibility index (Phi) is 3.93. The van der Waals surface area contributed by atoms with Gasteiger partial charge in [0, 0.05) is 10.7 Å². The van der Waals surface area contributed by atoms with Crippen LogP contribution in [-0.4, -0.2) is 5.91 Å². The molecule has 0 radical (unpaired) electrons. The van der Waals surface area contributed by atoms with Gasteiger partial charge in [0.15, 0.2) is 0 Å². The van der Waals surface area contributed by atoms with Crippen molar-refractivity contribution in [3.05, 3.63) is 57.8 Å². The number of hydrogen-bond donors (Lipinski definition) is 2. The number of nitrogens with two attached hydrogens (primary N) is 1. The van der Waals surface area contributed by atoms with Gasteiger partial charge in [-0.2, -0.15) is 0 Å². The Hall–Kier alpha value is -1.78. The van der Waals surface area contributed by atoms with E-state index in [0.717, 1.165) is 6.07 Å². The van der Waals surface area contributed by atoms with Gasteiger partial charge in [-0.15, -0.1) is 0 Å². The van der Waals surface area contributed by atoms with Crippen LogP contribution in [0.25, 0.3) is 0 Å². The number of carbonyl (C=O) groups excluding carboxylic acids is 1. The maximum Gasteiger partial charge on any atom is 0.257 e. The predicted molar refractivity (Wildman–Crippen MR) is 75.2 cm³/mol. The first-order valence-electron chi connectivity index (χ1n) is 5.29. The fraction of sp³-hybridized carbons (Fsp3) is 0. The third-order valence-electron chi connectivity index (χ3n) is 2.43. The van der Waals surface area contributed by atoms with Gasteiger partial charge in [-0.05, 0) is 36.4 Å². The molecule has 0 fully saturated rings. The number of hydrogen-bond acceptors (Lipinski definition) is 2. The van der Waals surface area contributed by atoms with E-state index in [1.54, 1.807) is 6.07 Å². The zero-order chi connectivity index (χ0) is 14.0. The molecule has 0 aliphatic heterocycles. The van der Waals surface area contributed by atoms with Crippen LogP contribution in [0.4, 0.5) is 15.8 Å². The number of amides is 1. The number of nitrogens with one attached hydrogen (secondary N) is 1. The molecule has 98 valence electrons. The zero-order valence-electron chi connectivity index (χ0n) is 9.58. The van der Waals surface area contributed by atoms with Gasteiger partial charge in [-0.1, -0.05) is 23.2 Å². The number of anilines is 2. The fourth-order valence-corrected chi connectivity index (χ4v) is 1.97. The molecule has 0 unspecified atom stereocenters. The molecule has 0 aliphatic rings. The summed E-state index contributed by atoms with van der Waals surface area (Å²) >= 11 is 11.6. The van der Waals surface area contributed by atoms with Crippen LogP contribution < -0.4 is 11.1 Å². The van der Waals surface area contributed by atoms with E-state index >= 15 is 0 Å². The summed E-state index contributed by atoms with van der Waals surface area (Å²) < 4.78 is 13.2. The molecule has 19 heavy (non-hydrogen) atoms. The molecule has 3 N–H and O–H groups in total. The first-order chi connectivity index (χ1) is 8.97. The summed E-state index contributed by atoms with van der Waals surface area (Å²) in [5.41, 5.74) is 5.91. The zero-order valence-corrected chi connectivity index (χ0v) is 11.1. The highest BCUT2D eigenvalue weighted by molar-refractivity contribution is 6.37. The molecule has 0 aromatic heterocycles. The van der Waals surface area contributed by atoms with Crippen molar-refractivity contribution in [1.82, 2.24) is 0 Å². The van der Waals surface area contributed by atoms with Gasteiger partial charge in [0.05, 0.1) is 16.3 Å². The number of nitrogen functional groups attached to an aromatic ring is 1. The molecule has 0 aliphatic carbocycles. The number of carbonyl (C=O) groups is 1. The van der Waals surface area contributed by atoms with Crippen LogP contribution in [0.2, 0.25) is 10.0 Å². The summed E-state index contributed by atoms with van der Waals surface area (Å²) in [4.78, 5) is 12.0. The standard InChI is InChI=1S/C13H9Cl2FN2O/c14-7-1-3-9(10(15)5-7)13(19)18-8-2-4-12(17)11(16)6-8/h1-6H,17H2,(H,18,19). The van der Waals surface area contributed by atoms with Gasteiger partial charge in [0.2, 0.25) is 0 Å². The van der Waals surface area contributed by atoms with E-state index in [1.165, 1.54) is 24.3 Å². The van der Waals surface area contributed by atoms with Crippen molar-refractivity contribution in [2.24, 2.45) is 0 Å². The number of rotatable bonds is 2. The van der Waals surface area contributed by atoms with Crippen LogP contribution >= 0.6 is 23.2 Å². The van der Waals surface area contributed by atoms with E-state index in [0.29, 0.717) is 10.7 Å². The van der Waals surface area contributed by atoms with Crippen molar-refractivity contribution in [3.8, 4) is 0 Å². The topological polar surface area (TPSA) is 55.1 Å². The van der Waals surface area contributed by atoms with E-state index in [4.69, 9.17) is 28.9 Å². The Morgan fingerprint density at radius 3 is 2.53 bits per heavy atom. The number of halogens is 3. The molecule has 2 aromatic rings. The third-order valence-corrected chi connectivity index (χ3v) is 2.98. The molecule has 2 aromatic carbocycles. The molecular weight excluding hydrogens is 290 g/mol. The Labute approximate surface area is 119 Å². The maximum absolute atomic E-state index is 13.2. The smallest absolute Gasteiger partial charge is 0.257 e. The van der Waals surface area contributed by atoms with Crippen molar-refractivity contribution in [2.75, 3.05) is 11.1 Å². The highest BCUT2D eigenvalue weighted by Gasteiger charge is 2.11. The summed E-state index contributed by atoms with van der Waals surface area (Å²) in [5.74, 6) is -1.05. The van der Waals surface area contributed by atoms with Gasteiger partial charge in [0.25, 0.3) is 5.91 Å². The highest BCUT2D eigenvalue weighted by atomic mass is 35.5. The first-order valence-corrected chi connectivity index (χ1v) is 6.04. The van der Waals surface area contributed by atoms with Crippen LogP contribution in [-0.2, 0) is 0 Å². The SMILES string of the molecule is Nc1ccc(NC(=O)c2ccc(Cl)cc2Cl)cc1F. The van der Waals surface area contributed by atoms with E-state index < -0.39 is 11.7 Å². The number of benzene rings is 2. The van der Waals surface area contributed by atoms with Gasteiger partial charge >= 0.3 is 0 Å². The minimum Gasteiger partial charge on any atom is -0.396 e. The van der Waals surface area contributed by atoms with Crippen molar-refractivity contribution in [3.63, 3.8) is 0 Å². The molecule has 0 saturated heterocycles. The minimum absolute atomic E-state index is 0.0162. The van der Waals surface area contributed by atoms with Crippen molar-refractivity contribution in [2.45, 2.75) is 0 Å². The largest absolute Gasteiger partial charge is 0.396 e. The van der Waals surface area contributed by atoms with E-state index in [2.05, 4.69) is 5.32 Å². The molecule has 0 spiro atoms. The van der Waals surface area contributed by atoms with Crippen molar-refractivity contribution < 1.29 is 9.18 Å². The summed E-state index contributed by atoms with van der Waals surface area (Å²) in [5, 5.41) is 3.18. The average Bonchev–Trinajstić information content (AvgIpc) is 2.33. The average molecular weight is 299 g/mol. The molecule has 0 bridgehead atoms. The van der Waals surface area contributed by atoms with E-state index in [-0.39, 0.29) is 16.3 Å². The lowest BCUT2D eigenvalue weighted by Gasteiger charge is -2.07. The Balaban J connectivity index is 2.23. The van der Waals surface area contributed by atoms with Crippen molar-refractivity contribution in [1.29, 1.82) is 0 Å². The maximum atomic E-state index is 13.2. The lowest BCUT2D eigenvalue weighted by Crippen LogP contribution is -2.12. The van der Waals surface area contributed by atoms with Crippen LogP contribution in [0.15, 0.2) is 36.4 Å². The van der Waals surface area contributed by atoms with Gasteiger partial charge < -0.3 is 11.1 Å². The van der Waals surface area contributed by atoms with Crippen LogP contribution in [0, 0.1) is 5.82 Å². The van der Waals surface area contributed by atoms with E-state index in [9.17, 15) is 9.18 Å². The molecule has 0 heterocycles. The fourth-order valence-electron chi connectivity index (χ4n) is 1.48. The Bertz CT molecular complexity index is 647. The summed E-state index contributed by atoms with van der Waals surface area (Å²) in [6, 6.07) is 8.51. The van der Waals surface area contributed by atoms with Crippen LogP contribution in [0.1, 0.15) is 10.4 Å². The summed E-state index contributed by atoms with van der Waals surface area (Å²) in [6.45, 7) is 0. The molecule has 2 rings (SSSR count). The second kappa shape index (κ2) is 5.47. The van der Waals surface area contributed by atoms with Gasteiger partial charge in [0.1, 0.15) is 5.82 Å². The minimum atomic E-state index is -0.597. The van der Waals surface area contributed by atoms with Crippen LogP contribution in [0.5, 0.6) is 0 Å². The van der Waals surface area contributed by atoms with E-state index in [1.807, 2.05) is 0 Å². The Morgan fingerprint density at radius 1 is 1.16 bits per heavy atom. The summed E-state index contributed by atoms with van der Waals surface area (Å²) in [6.07, 6.45) is 0. The normalized spacial score (nSPS) is 10.3. The molecule has 0 saturated carbocycles. The van der Waals surface area contributed by atoms with Gasteiger partial charge in [-0.25, -0.2) is 4.39 Å². The Morgan fingerprint density at radius 2 is 1.89 bits per heavy atom. The summed E-state index contributed by atoms with van der Waals surface area (Å²) in [7, 11) is 0. The van der Waals surface area contributed by atoms with Gasteiger partial charge in [-0.3, -0.25) is 4.79 Å². The monoisotopic (exact) mass is 298 g/mol. The molecular formula is C13H9Cl2FN2O. The van der Waals surface area contributed by atoms with Crippen LogP contribution in [0.3, 0.4) is 0 Å². The quantitative estimate of drug-likeness (QED) is 0.824. The van der Waals surface area contributed by atoms with Crippen molar-refractivity contribution >= 4 is 40.5 Å². The predicted octanol–water partition coefficient (Wildman–Crippen LogP) is 3.97. The molecule has 0 atom stereocenters. The highest BCUT2D eigenvalue weighted by Crippen LogP contribution is 2.23. The second-order valence-corrected chi connectivity index (χ2v) is 4.66. The first kappa shape index (κ1) is 13.6. The second-order valence-electron chi connectivity index (χ2n) is 3.81. The molecule has 3 nitrogen and oxygen atoms in total. The lowest BCUT2D eigenvalue weighted by atomic mass is 10.2. The molecule has 1 amide bonds. The molecule has 6 heteroatoms.